The summed E-state index contributed by atoms with van der Waals surface area (Å²) in [4.78, 5) is 38.0. The van der Waals surface area contributed by atoms with Crippen molar-refractivity contribution >= 4 is 17.6 Å². The summed E-state index contributed by atoms with van der Waals surface area (Å²) in [5, 5.41) is 5.61. The van der Waals surface area contributed by atoms with Gasteiger partial charge in [-0.1, -0.05) is 6.42 Å². The SMILES string of the molecule is COCC(=O)Nc1ccc(-c2ncccn2)c(C(=O)NCC2CCC[C@@H]2COc2ccc(F)cc2)n1. The molecule has 0 spiro atoms. The van der Waals surface area contributed by atoms with Gasteiger partial charge in [-0.15, -0.1) is 0 Å². The Hall–Kier alpha value is -3.92. The molecule has 1 saturated carbocycles. The molecule has 2 N–H and O–H groups in total. The van der Waals surface area contributed by atoms with Crippen LogP contribution in [-0.2, 0) is 9.53 Å². The van der Waals surface area contributed by atoms with Gasteiger partial charge in [-0.05, 0) is 67.1 Å². The van der Waals surface area contributed by atoms with E-state index in [-0.39, 0.29) is 47.6 Å². The molecule has 0 bridgehead atoms. The van der Waals surface area contributed by atoms with E-state index in [9.17, 15) is 14.0 Å². The average Bonchev–Trinajstić information content (AvgIpc) is 3.35. The number of rotatable bonds is 10. The highest BCUT2D eigenvalue weighted by molar-refractivity contribution is 5.99. The first-order valence-corrected chi connectivity index (χ1v) is 11.8. The fraction of sp³-hybridized carbons (Fsp3) is 0.346. The second kappa shape index (κ2) is 12.2. The van der Waals surface area contributed by atoms with Gasteiger partial charge in [0, 0.05) is 26.0 Å². The molecule has 1 fully saturated rings. The van der Waals surface area contributed by atoms with Crippen molar-refractivity contribution in [2.24, 2.45) is 11.8 Å². The van der Waals surface area contributed by atoms with Crippen molar-refractivity contribution in [1.29, 1.82) is 0 Å². The number of nitrogens with one attached hydrogen (secondary N) is 2. The third-order valence-corrected chi connectivity index (χ3v) is 6.08. The highest BCUT2D eigenvalue weighted by atomic mass is 19.1. The smallest absolute Gasteiger partial charge is 0.270 e. The molecule has 0 radical (unpaired) electrons. The Morgan fingerprint density at radius 2 is 1.81 bits per heavy atom. The molecule has 36 heavy (non-hydrogen) atoms. The summed E-state index contributed by atoms with van der Waals surface area (Å²) in [5.74, 6) is 0.635. The lowest BCUT2D eigenvalue weighted by Gasteiger charge is -2.21. The first kappa shape index (κ1) is 25.2. The number of nitrogens with zero attached hydrogens (tertiary/aromatic N) is 3. The molecule has 0 saturated heterocycles. The Bertz CT molecular complexity index is 1180. The lowest BCUT2D eigenvalue weighted by atomic mass is 9.96. The Morgan fingerprint density at radius 1 is 1.06 bits per heavy atom. The lowest BCUT2D eigenvalue weighted by Crippen LogP contribution is -2.33. The van der Waals surface area contributed by atoms with Crippen molar-refractivity contribution in [3.63, 3.8) is 0 Å². The molecule has 188 valence electrons. The molecule has 10 heteroatoms. The number of hydrogen-bond donors (Lipinski definition) is 2. The van der Waals surface area contributed by atoms with E-state index in [1.54, 1.807) is 42.7 Å². The molecule has 1 unspecified atom stereocenters. The van der Waals surface area contributed by atoms with Crippen LogP contribution in [0.4, 0.5) is 10.2 Å². The van der Waals surface area contributed by atoms with Crippen molar-refractivity contribution in [3.8, 4) is 17.1 Å². The minimum Gasteiger partial charge on any atom is -0.493 e. The average molecular weight is 494 g/mol. The summed E-state index contributed by atoms with van der Waals surface area (Å²) in [7, 11) is 1.42. The second-order valence-electron chi connectivity index (χ2n) is 8.57. The summed E-state index contributed by atoms with van der Waals surface area (Å²) in [5.41, 5.74) is 0.578. The van der Waals surface area contributed by atoms with Crippen LogP contribution in [0.5, 0.6) is 5.75 Å². The predicted octanol–water partition coefficient (Wildman–Crippen LogP) is 3.49. The largest absolute Gasteiger partial charge is 0.493 e. The number of anilines is 1. The number of amides is 2. The first-order valence-electron chi connectivity index (χ1n) is 11.8. The fourth-order valence-corrected chi connectivity index (χ4v) is 4.27. The monoisotopic (exact) mass is 493 g/mol. The van der Waals surface area contributed by atoms with Crippen molar-refractivity contribution in [2.75, 3.05) is 32.2 Å². The van der Waals surface area contributed by atoms with Crippen molar-refractivity contribution in [2.45, 2.75) is 19.3 Å². The first-order chi connectivity index (χ1) is 17.5. The summed E-state index contributed by atoms with van der Waals surface area (Å²) >= 11 is 0. The lowest BCUT2D eigenvalue weighted by molar-refractivity contribution is -0.119. The van der Waals surface area contributed by atoms with E-state index in [0.29, 0.717) is 30.3 Å². The Balaban J connectivity index is 1.44. The minimum absolute atomic E-state index is 0.119. The van der Waals surface area contributed by atoms with Gasteiger partial charge in [0.25, 0.3) is 11.8 Å². The number of halogens is 1. The van der Waals surface area contributed by atoms with Crippen LogP contribution >= 0.6 is 0 Å². The standard InChI is InChI=1S/C26H28FN5O4/c1-35-16-23(33)31-22-11-10-21(25-28-12-3-13-29-25)24(32-22)26(34)30-14-17-4-2-5-18(17)15-36-20-8-6-19(27)7-9-20/h3,6-13,17-18H,2,4-5,14-16H2,1H3,(H,30,34)(H,31,32,33)/t17?,18-/m1/s1. The van der Waals surface area contributed by atoms with Crippen LogP contribution in [0.2, 0.25) is 0 Å². The van der Waals surface area contributed by atoms with E-state index in [4.69, 9.17) is 9.47 Å². The molecule has 2 atom stereocenters. The van der Waals surface area contributed by atoms with Gasteiger partial charge in [-0.2, -0.15) is 0 Å². The maximum absolute atomic E-state index is 13.2. The van der Waals surface area contributed by atoms with E-state index >= 15 is 0 Å². The summed E-state index contributed by atoms with van der Waals surface area (Å²) in [6.07, 6.45) is 6.17. The molecule has 2 amide bonds. The Labute approximate surface area is 208 Å². The number of benzene rings is 1. The summed E-state index contributed by atoms with van der Waals surface area (Å²) < 4.78 is 23.8. The quantitative estimate of drug-likeness (QED) is 0.444. The van der Waals surface area contributed by atoms with Gasteiger partial charge in [0.15, 0.2) is 5.82 Å². The van der Waals surface area contributed by atoms with E-state index in [1.165, 1.54) is 19.2 Å². The summed E-state index contributed by atoms with van der Waals surface area (Å²) in [6, 6.07) is 10.9. The van der Waals surface area contributed by atoms with Crippen LogP contribution in [0.15, 0.2) is 54.9 Å². The van der Waals surface area contributed by atoms with Gasteiger partial charge in [0.2, 0.25) is 0 Å². The maximum Gasteiger partial charge on any atom is 0.270 e. The van der Waals surface area contributed by atoms with Gasteiger partial charge in [-0.25, -0.2) is 19.3 Å². The Kier molecular flexibility index (Phi) is 8.51. The fourth-order valence-electron chi connectivity index (χ4n) is 4.27. The van der Waals surface area contributed by atoms with Gasteiger partial charge < -0.3 is 20.1 Å². The molecule has 2 heterocycles. The predicted molar refractivity (Wildman–Crippen MR) is 131 cm³/mol. The zero-order valence-corrected chi connectivity index (χ0v) is 19.9. The van der Waals surface area contributed by atoms with E-state index < -0.39 is 0 Å². The van der Waals surface area contributed by atoms with Crippen LogP contribution < -0.4 is 15.4 Å². The molecule has 2 aromatic heterocycles. The second-order valence-corrected chi connectivity index (χ2v) is 8.57. The number of aromatic nitrogens is 3. The van der Waals surface area contributed by atoms with Crippen LogP contribution in [-0.4, -0.2) is 53.6 Å². The highest BCUT2D eigenvalue weighted by Crippen LogP contribution is 2.32. The normalized spacial score (nSPS) is 16.9. The van der Waals surface area contributed by atoms with Gasteiger partial charge >= 0.3 is 0 Å². The van der Waals surface area contributed by atoms with Crippen molar-refractivity contribution in [1.82, 2.24) is 20.3 Å². The number of methoxy groups -OCH3 is 1. The molecule has 4 rings (SSSR count). The number of pyridine rings is 1. The number of carbonyl (C=O) groups is 2. The van der Waals surface area contributed by atoms with E-state index in [1.807, 2.05) is 0 Å². The maximum atomic E-state index is 13.2. The third kappa shape index (κ3) is 6.60. The van der Waals surface area contributed by atoms with Crippen molar-refractivity contribution in [3.05, 3.63) is 66.4 Å². The molecule has 1 aromatic carbocycles. The molecule has 1 aliphatic rings. The number of ether oxygens (including phenoxy) is 2. The molecular formula is C26H28FN5O4. The molecule has 3 aromatic rings. The van der Waals surface area contributed by atoms with Crippen LogP contribution in [0.3, 0.4) is 0 Å². The minimum atomic E-state index is -0.384. The van der Waals surface area contributed by atoms with E-state index in [2.05, 4.69) is 25.6 Å². The molecule has 9 nitrogen and oxygen atoms in total. The molecular weight excluding hydrogens is 465 g/mol. The zero-order chi connectivity index (χ0) is 25.3. The number of carbonyl (C=O) groups excluding carboxylic acids is 2. The van der Waals surface area contributed by atoms with E-state index in [0.717, 1.165) is 19.3 Å². The molecule has 1 aliphatic carbocycles. The topological polar surface area (TPSA) is 115 Å². The van der Waals surface area contributed by atoms with Crippen molar-refractivity contribution < 1.29 is 23.5 Å². The molecule has 0 aliphatic heterocycles. The highest BCUT2D eigenvalue weighted by Gasteiger charge is 2.29. The zero-order valence-electron chi connectivity index (χ0n) is 19.9. The third-order valence-electron chi connectivity index (χ3n) is 6.08. The van der Waals surface area contributed by atoms with Crippen LogP contribution in [0, 0.1) is 17.7 Å². The van der Waals surface area contributed by atoms with Crippen LogP contribution in [0.1, 0.15) is 29.8 Å². The van der Waals surface area contributed by atoms with Gasteiger partial charge in [-0.3, -0.25) is 9.59 Å². The number of hydrogen-bond acceptors (Lipinski definition) is 7. The van der Waals surface area contributed by atoms with Gasteiger partial charge in [0.1, 0.15) is 29.7 Å². The summed E-state index contributed by atoms with van der Waals surface area (Å²) in [6.45, 7) is 0.817. The Morgan fingerprint density at radius 3 is 2.56 bits per heavy atom. The van der Waals surface area contributed by atoms with Crippen LogP contribution in [0.25, 0.3) is 11.4 Å². The van der Waals surface area contributed by atoms with Gasteiger partial charge in [0.05, 0.1) is 12.2 Å².